The average Bonchev–Trinajstić information content (AvgIpc) is 1.67. The maximum absolute atomic E-state index is 9.93. The average molecular weight is 153 g/mol. The second-order valence-corrected chi connectivity index (χ2v) is 1.90. The van der Waals surface area contributed by atoms with Gasteiger partial charge in [0.25, 0.3) is 0 Å². The van der Waals surface area contributed by atoms with Crippen molar-refractivity contribution in [1.82, 2.24) is 0 Å². The molecule has 5 N–H and O–H groups in total. The molecule has 0 saturated carbocycles. The Morgan fingerprint density at radius 1 is 1.78 bits per heavy atom. The number of carbonyl (C=O) groups is 1. The molecule has 1 atom stereocenters. The van der Waals surface area contributed by atoms with Crippen molar-refractivity contribution in [2.75, 3.05) is 5.75 Å². The van der Waals surface area contributed by atoms with Crippen molar-refractivity contribution in [3.63, 3.8) is 0 Å². The topological polar surface area (TPSA) is 94.8 Å². The molecule has 0 aromatic rings. The van der Waals surface area contributed by atoms with Crippen LogP contribution in [0, 0.1) is 0 Å². The van der Waals surface area contributed by atoms with Crippen LogP contribution in [0.5, 0.6) is 0 Å². The Kier molecular flexibility index (Phi) is 7.52. The molecule has 0 bridgehead atoms. The predicted octanol–water partition coefficient (Wildman–Crippen LogP) is -1.11. The van der Waals surface area contributed by atoms with Gasteiger partial charge in [-0.25, -0.2) is 0 Å². The third-order valence-electron chi connectivity index (χ3n) is 0.757. The van der Waals surface area contributed by atoms with Crippen molar-refractivity contribution in [2.24, 2.45) is 5.73 Å². The first kappa shape index (κ1) is 11.5. The van der Waals surface area contributed by atoms with E-state index in [1.807, 2.05) is 0 Å². The van der Waals surface area contributed by atoms with Gasteiger partial charge in [0.2, 0.25) is 0 Å². The van der Waals surface area contributed by atoms with Crippen molar-refractivity contribution < 1.29 is 15.4 Å². The number of aliphatic carboxylic acids is 1. The minimum absolute atomic E-state index is 0. The van der Waals surface area contributed by atoms with E-state index in [4.69, 9.17) is 10.8 Å². The smallest absolute Gasteiger partial charge is 0.320 e. The van der Waals surface area contributed by atoms with Gasteiger partial charge < -0.3 is 16.3 Å². The summed E-state index contributed by atoms with van der Waals surface area (Å²) in [6.45, 7) is 0. The Balaban J connectivity index is 0. The molecule has 4 nitrogen and oxygen atoms in total. The summed E-state index contributed by atoms with van der Waals surface area (Å²) >= 11 is 3.81. The molecule has 5 heteroatoms. The molecule has 0 radical (unpaired) electrons. The summed E-state index contributed by atoms with van der Waals surface area (Å²) in [6.07, 6.45) is 0.429. The molecule has 0 aliphatic rings. The number of hydrogen-bond acceptors (Lipinski definition) is 3. The van der Waals surface area contributed by atoms with E-state index in [0.717, 1.165) is 0 Å². The highest BCUT2D eigenvalue weighted by Crippen LogP contribution is 1.88. The molecule has 0 saturated heterocycles. The van der Waals surface area contributed by atoms with Gasteiger partial charge in [0.15, 0.2) is 0 Å². The molecule has 0 aliphatic carbocycles. The van der Waals surface area contributed by atoms with E-state index < -0.39 is 12.0 Å². The summed E-state index contributed by atoms with van der Waals surface area (Å²) in [6, 6.07) is -0.743. The van der Waals surface area contributed by atoms with Crippen molar-refractivity contribution in [1.29, 1.82) is 0 Å². The number of nitrogens with two attached hydrogens (primary N) is 1. The summed E-state index contributed by atoms with van der Waals surface area (Å²) in [4.78, 5) is 9.93. The van der Waals surface area contributed by atoms with Crippen LogP contribution in [-0.4, -0.2) is 28.3 Å². The lowest BCUT2D eigenvalue weighted by Crippen LogP contribution is -2.30. The summed E-state index contributed by atoms with van der Waals surface area (Å²) in [7, 11) is 0. The number of hydrogen-bond donors (Lipinski definition) is 3. The fourth-order valence-corrected chi connectivity index (χ4v) is 0.541. The molecular weight excluding hydrogens is 142 g/mol. The Bertz CT molecular complexity index is 87.9. The van der Waals surface area contributed by atoms with Crippen LogP contribution in [0.3, 0.4) is 0 Å². The number of carboxylic acid groups (broad SMARTS) is 1. The largest absolute Gasteiger partial charge is 0.480 e. The van der Waals surface area contributed by atoms with Crippen molar-refractivity contribution >= 4 is 18.6 Å². The lowest BCUT2D eigenvalue weighted by molar-refractivity contribution is -0.138. The minimum Gasteiger partial charge on any atom is -0.480 e. The molecule has 0 amide bonds. The Morgan fingerprint density at radius 2 is 2.22 bits per heavy atom. The van der Waals surface area contributed by atoms with Crippen LogP contribution in [0.1, 0.15) is 6.42 Å². The van der Waals surface area contributed by atoms with Gasteiger partial charge in [-0.3, -0.25) is 4.79 Å². The van der Waals surface area contributed by atoms with Gasteiger partial charge in [-0.15, -0.1) is 0 Å². The summed E-state index contributed by atoms with van der Waals surface area (Å²) < 4.78 is 0. The third-order valence-corrected chi connectivity index (χ3v) is 1.02. The second-order valence-electron chi connectivity index (χ2n) is 1.46. The molecule has 56 valence electrons. The summed E-state index contributed by atoms with van der Waals surface area (Å²) in [5, 5.41) is 8.15. The number of thiol groups is 1. The van der Waals surface area contributed by atoms with E-state index >= 15 is 0 Å². The Morgan fingerprint density at radius 3 is 2.33 bits per heavy atom. The fraction of sp³-hybridized carbons (Fsp3) is 0.750. The van der Waals surface area contributed by atoms with Crippen LogP contribution in [0.15, 0.2) is 0 Å². The third kappa shape index (κ3) is 5.61. The van der Waals surface area contributed by atoms with Crippen LogP contribution in [-0.2, 0) is 4.79 Å². The minimum atomic E-state index is -0.959. The predicted molar refractivity (Wildman–Crippen MR) is 37.7 cm³/mol. The summed E-state index contributed by atoms with van der Waals surface area (Å²) in [5.41, 5.74) is 5.08. The van der Waals surface area contributed by atoms with Crippen LogP contribution >= 0.6 is 12.6 Å². The van der Waals surface area contributed by atoms with Gasteiger partial charge in [-0.05, 0) is 12.2 Å². The fourth-order valence-electron chi connectivity index (χ4n) is 0.263. The first-order valence-corrected chi connectivity index (χ1v) is 2.91. The normalized spacial score (nSPS) is 11.8. The molecule has 0 rings (SSSR count). The van der Waals surface area contributed by atoms with Crippen LogP contribution in [0.4, 0.5) is 0 Å². The Labute approximate surface area is 58.8 Å². The summed E-state index contributed by atoms with van der Waals surface area (Å²) in [5.74, 6) is -0.438. The van der Waals surface area contributed by atoms with E-state index in [-0.39, 0.29) is 5.48 Å². The van der Waals surface area contributed by atoms with Crippen LogP contribution < -0.4 is 5.73 Å². The number of rotatable bonds is 3. The van der Waals surface area contributed by atoms with Gasteiger partial charge >= 0.3 is 5.97 Å². The lowest BCUT2D eigenvalue weighted by atomic mass is 10.2. The molecule has 0 spiro atoms. The first-order chi connectivity index (χ1) is 3.68. The molecular formula is C4H11NO3S. The van der Waals surface area contributed by atoms with Gasteiger partial charge in [-0.1, -0.05) is 0 Å². The maximum atomic E-state index is 9.93. The van der Waals surface area contributed by atoms with E-state index in [2.05, 4.69) is 12.6 Å². The zero-order valence-electron chi connectivity index (χ0n) is 4.87. The quantitative estimate of drug-likeness (QED) is 0.449. The molecule has 0 unspecified atom stereocenters. The van der Waals surface area contributed by atoms with Crippen molar-refractivity contribution in [3.05, 3.63) is 0 Å². The molecule has 0 fully saturated rings. The molecule has 0 aromatic heterocycles. The van der Waals surface area contributed by atoms with Gasteiger partial charge in [0, 0.05) is 0 Å². The van der Waals surface area contributed by atoms with Crippen molar-refractivity contribution in [2.45, 2.75) is 12.5 Å². The molecule has 0 aliphatic heterocycles. The van der Waals surface area contributed by atoms with E-state index in [0.29, 0.717) is 12.2 Å². The van der Waals surface area contributed by atoms with E-state index in [1.165, 1.54) is 0 Å². The lowest BCUT2D eigenvalue weighted by Gasteiger charge is -2.00. The van der Waals surface area contributed by atoms with E-state index in [1.54, 1.807) is 0 Å². The molecule has 0 heterocycles. The van der Waals surface area contributed by atoms with E-state index in [9.17, 15) is 4.79 Å². The molecule has 0 aromatic carbocycles. The molecule has 9 heavy (non-hydrogen) atoms. The van der Waals surface area contributed by atoms with Crippen LogP contribution in [0.25, 0.3) is 0 Å². The van der Waals surface area contributed by atoms with Gasteiger partial charge in [0.05, 0.1) is 0 Å². The number of carboxylic acids is 1. The second kappa shape index (κ2) is 5.87. The SMILES string of the molecule is N[C@@H](CCS)C(=O)O.O. The maximum Gasteiger partial charge on any atom is 0.320 e. The zero-order chi connectivity index (χ0) is 6.57. The Hall–Kier alpha value is -0.260. The van der Waals surface area contributed by atoms with Crippen LogP contribution in [0.2, 0.25) is 0 Å². The zero-order valence-corrected chi connectivity index (χ0v) is 5.77. The highest BCUT2D eigenvalue weighted by Gasteiger charge is 2.08. The highest BCUT2D eigenvalue weighted by molar-refractivity contribution is 7.80. The van der Waals surface area contributed by atoms with Crippen molar-refractivity contribution in [3.8, 4) is 0 Å². The first-order valence-electron chi connectivity index (χ1n) is 2.27. The van der Waals surface area contributed by atoms with Gasteiger partial charge in [-0.2, -0.15) is 12.6 Å². The monoisotopic (exact) mass is 153 g/mol. The van der Waals surface area contributed by atoms with Gasteiger partial charge in [0.1, 0.15) is 6.04 Å². The highest BCUT2D eigenvalue weighted by atomic mass is 32.1. The standard InChI is InChI=1S/C4H9NO2S.H2O/c5-3(1-2-8)4(6)7;/h3,8H,1-2,5H2,(H,6,7);1H2/t3-;/m0./s1.